The SMILES string of the molecule is O=C(c1cc(-c2cccs2)[nH]n1)N1CC[C@@H]2CNC[C@@H]2CC1. The van der Waals surface area contributed by atoms with Crippen LogP contribution in [-0.2, 0) is 0 Å². The minimum Gasteiger partial charge on any atom is -0.337 e. The third-order valence-corrected chi connectivity index (χ3v) is 5.79. The number of aromatic amines is 1. The second kappa shape index (κ2) is 5.85. The van der Waals surface area contributed by atoms with Gasteiger partial charge in [-0.2, -0.15) is 5.10 Å². The molecule has 2 aliphatic rings. The number of thiophene rings is 1. The topological polar surface area (TPSA) is 61.0 Å². The number of fused-ring (bicyclic) bond motifs is 1. The Morgan fingerprint density at radius 3 is 2.73 bits per heavy atom. The third-order valence-electron chi connectivity index (χ3n) is 4.89. The predicted octanol–water partition coefficient (Wildman–Crippen LogP) is 2.21. The molecule has 0 aromatic carbocycles. The van der Waals surface area contributed by atoms with E-state index in [1.54, 1.807) is 11.3 Å². The maximum absolute atomic E-state index is 12.7. The molecular formula is C16H20N4OS. The highest BCUT2D eigenvalue weighted by molar-refractivity contribution is 7.13. The lowest BCUT2D eigenvalue weighted by Gasteiger charge is -2.19. The first kappa shape index (κ1) is 14.0. The average molecular weight is 316 g/mol. The number of hydrogen-bond acceptors (Lipinski definition) is 4. The first-order valence-electron chi connectivity index (χ1n) is 7.90. The minimum absolute atomic E-state index is 0.0620. The van der Waals surface area contributed by atoms with Crippen molar-refractivity contribution in [1.29, 1.82) is 0 Å². The summed E-state index contributed by atoms with van der Waals surface area (Å²) < 4.78 is 0. The van der Waals surface area contributed by atoms with Gasteiger partial charge in [0.05, 0.1) is 10.6 Å². The smallest absolute Gasteiger partial charge is 0.274 e. The van der Waals surface area contributed by atoms with Gasteiger partial charge >= 0.3 is 0 Å². The number of aromatic nitrogens is 2. The van der Waals surface area contributed by atoms with Crippen molar-refractivity contribution in [2.45, 2.75) is 12.8 Å². The molecule has 5 nitrogen and oxygen atoms in total. The molecule has 0 bridgehead atoms. The van der Waals surface area contributed by atoms with Crippen molar-refractivity contribution >= 4 is 17.2 Å². The van der Waals surface area contributed by atoms with Crippen molar-refractivity contribution in [3.05, 3.63) is 29.3 Å². The molecule has 4 heterocycles. The van der Waals surface area contributed by atoms with Gasteiger partial charge in [0.1, 0.15) is 0 Å². The van der Waals surface area contributed by atoms with E-state index in [2.05, 4.69) is 15.5 Å². The van der Waals surface area contributed by atoms with Crippen molar-refractivity contribution < 1.29 is 4.79 Å². The molecule has 0 aliphatic carbocycles. The highest BCUT2D eigenvalue weighted by atomic mass is 32.1. The minimum atomic E-state index is 0.0620. The summed E-state index contributed by atoms with van der Waals surface area (Å²) in [6.07, 6.45) is 2.21. The summed E-state index contributed by atoms with van der Waals surface area (Å²) in [5, 5.41) is 12.7. The number of nitrogens with one attached hydrogen (secondary N) is 2. The summed E-state index contributed by atoms with van der Waals surface area (Å²) in [5.74, 6) is 1.53. The molecule has 6 heteroatoms. The van der Waals surface area contributed by atoms with Gasteiger partial charge in [-0.05, 0) is 55.3 Å². The Hall–Kier alpha value is -1.66. The van der Waals surface area contributed by atoms with Crippen LogP contribution in [0.5, 0.6) is 0 Å². The molecule has 0 radical (unpaired) electrons. The molecular weight excluding hydrogens is 296 g/mol. The normalized spacial score (nSPS) is 25.0. The Labute approximate surface area is 133 Å². The van der Waals surface area contributed by atoms with Crippen molar-refractivity contribution in [2.75, 3.05) is 26.2 Å². The van der Waals surface area contributed by atoms with Crippen molar-refractivity contribution in [3.8, 4) is 10.6 Å². The van der Waals surface area contributed by atoms with E-state index >= 15 is 0 Å². The third kappa shape index (κ3) is 2.57. The number of nitrogens with zero attached hydrogens (tertiary/aromatic N) is 2. The van der Waals surface area contributed by atoms with E-state index in [-0.39, 0.29) is 5.91 Å². The molecule has 2 atom stereocenters. The second-order valence-corrected chi connectivity index (χ2v) is 7.14. The zero-order chi connectivity index (χ0) is 14.9. The highest BCUT2D eigenvalue weighted by Gasteiger charge is 2.32. The highest BCUT2D eigenvalue weighted by Crippen LogP contribution is 2.28. The number of carbonyl (C=O) groups excluding carboxylic acids is 1. The molecule has 0 unspecified atom stereocenters. The van der Waals surface area contributed by atoms with Crippen molar-refractivity contribution in [2.24, 2.45) is 11.8 Å². The Kier molecular flexibility index (Phi) is 3.72. The van der Waals surface area contributed by atoms with Crippen LogP contribution >= 0.6 is 11.3 Å². The van der Waals surface area contributed by atoms with Gasteiger partial charge in [0.15, 0.2) is 5.69 Å². The molecule has 2 N–H and O–H groups in total. The zero-order valence-electron chi connectivity index (χ0n) is 12.4. The van der Waals surface area contributed by atoms with Crippen LogP contribution in [0.4, 0.5) is 0 Å². The fourth-order valence-electron chi connectivity index (χ4n) is 3.57. The number of rotatable bonds is 2. The van der Waals surface area contributed by atoms with Gasteiger partial charge < -0.3 is 10.2 Å². The fraction of sp³-hybridized carbons (Fsp3) is 0.500. The summed E-state index contributed by atoms with van der Waals surface area (Å²) in [5.41, 5.74) is 1.46. The number of hydrogen-bond donors (Lipinski definition) is 2. The molecule has 116 valence electrons. The Bertz CT molecular complexity index is 637. The molecule has 22 heavy (non-hydrogen) atoms. The summed E-state index contributed by atoms with van der Waals surface area (Å²) >= 11 is 1.65. The standard InChI is InChI=1S/C16H20N4OS/c21-16(14-8-13(18-19-14)15-2-1-7-22-15)20-5-3-11-9-17-10-12(11)4-6-20/h1-2,7-8,11-12,17H,3-6,9-10H2,(H,18,19)/t11-,12+. The molecule has 0 spiro atoms. The zero-order valence-corrected chi connectivity index (χ0v) is 13.2. The van der Waals surface area contributed by atoms with Crippen LogP contribution in [0, 0.1) is 11.8 Å². The summed E-state index contributed by atoms with van der Waals surface area (Å²) in [7, 11) is 0. The number of H-pyrrole nitrogens is 1. The van der Waals surface area contributed by atoms with Crippen LogP contribution in [-0.4, -0.2) is 47.2 Å². The molecule has 0 saturated carbocycles. The van der Waals surface area contributed by atoms with Crippen LogP contribution in [0.1, 0.15) is 23.3 Å². The molecule has 4 rings (SSSR count). The van der Waals surface area contributed by atoms with Crippen molar-refractivity contribution in [1.82, 2.24) is 20.4 Å². The summed E-state index contributed by atoms with van der Waals surface area (Å²) in [6, 6.07) is 5.91. The first-order chi connectivity index (χ1) is 10.8. The van der Waals surface area contributed by atoms with E-state index in [9.17, 15) is 4.79 Å². The van der Waals surface area contributed by atoms with E-state index in [4.69, 9.17) is 0 Å². The molecule has 2 saturated heterocycles. The van der Waals surface area contributed by atoms with Gasteiger partial charge in [0.25, 0.3) is 5.91 Å². The largest absolute Gasteiger partial charge is 0.337 e. The van der Waals surface area contributed by atoms with Crippen LogP contribution in [0.2, 0.25) is 0 Å². The Morgan fingerprint density at radius 2 is 2.05 bits per heavy atom. The molecule has 2 aliphatic heterocycles. The summed E-state index contributed by atoms with van der Waals surface area (Å²) in [4.78, 5) is 15.8. The van der Waals surface area contributed by atoms with E-state index in [1.807, 2.05) is 28.5 Å². The van der Waals surface area contributed by atoms with Crippen LogP contribution in [0.15, 0.2) is 23.6 Å². The predicted molar refractivity (Wildman–Crippen MR) is 86.9 cm³/mol. The number of amides is 1. The Morgan fingerprint density at radius 1 is 1.27 bits per heavy atom. The van der Waals surface area contributed by atoms with Crippen molar-refractivity contribution in [3.63, 3.8) is 0 Å². The van der Waals surface area contributed by atoms with E-state index in [0.29, 0.717) is 5.69 Å². The van der Waals surface area contributed by atoms with Crippen LogP contribution < -0.4 is 5.32 Å². The monoisotopic (exact) mass is 316 g/mol. The Balaban J connectivity index is 1.47. The van der Waals surface area contributed by atoms with Gasteiger partial charge in [-0.25, -0.2) is 0 Å². The maximum atomic E-state index is 12.7. The maximum Gasteiger partial charge on any atom is 0.274 e. The van der Waals surface area contributed by atoms with Crippen LogP contribution in [0.3, 0.4) is 0 Å². The first-order valence-corrected chi connectivity index (χ1v) is 8.78. The van der Waals surface area contributed by atoms with E-state index < -0.39 is 0 Å². The summed E-state index contributed by atoms with van der Waals surface area (Å²) in [6.45, 7) is 3.92. The molecule has 2 aromatic rings. The average Bonchev–Trinajstić information content (AvgIpc) is 3.26. The lowest BCUT2D eigenvalue weighted by Crippen LogP contribution is -2.33. The fourth-order valence-corrected chi connectivity index (χ4v) is 4.26. The van der Waals surface area contributed by atoms with E-state index in [0.717, 1.165) is 61.4 Å². The number of carbonyl (C=O) groups is 1. The van der Waals surface area contributed by atoms with Gasteiger partial charge in [0.2, 0.25) is 0 Å². The lowest BCUT2D eigenvalue weighted by atomic mass is 9.92. The molecule has 1 amide bonds. The second-order valence-electron chi connectivity index (χ2n) is 6.19. The van der Waals surface area contributed by atoms with Gasteiger partial charge in [-0.15, -0.1) is 11.3 Å². The van der Waals surface area contributed by atoms with Gasteiger partial charge in [-0.1, -0.05) is 6.07 Å². The van der Waals surface area contributed by atoms with E-state index in [1.165, 1.54) is 0 Å². The lowest BCUT2D eigenvalue weighted by molar-refractivity contribution is 0.0752. The van der Waals surface area contributed by atoms with Gasteiger partial charge in [0, 0.05) is 13.1 Å². The van der Waals surface area contributed by atoms with Crippen LogP contribution in [0.25, 0.3) is 10.6 Å². The molecule has 2 fully saturated rings. The quantitative estimate of drug-likeness (QED) is 0.893. The van der Waals surface area contributed by atoms with Gasteiger partial charge in [-0.3, -0.25) is 9.89 Å². The number of likely N-dealkylation sites (tertiary alicyclic amines) is 1. The molecule has 2 aromatic heterocycles.